The van der Waals surface area contributed by atoms with Crippen LogP contribution in [-0.2, 0) is 4.79 Å². The molecule has 1 heterocycles. The minimum atomic E-state index is -1.04. The summed E-state index contributed by atoms with van der Waals surface area (Å²) in [4.78, 5) is 27.7. The number of carbonyl (C=O) groups is 2. The third kappa shape index (κ3) is 2.76. The van der Waals surface area contributed by atoms with Gasteiger partial charge < -0.3 is 14.9 Å². The molecule has 0 radical (unpaired) electrons. The van der Waals surface area contributed by atoms with Crippen molar-refractivity contribution in [1.29, 1.82) is 0 Å². The molecular weight excluding hydrogens is 256 g/mol. The second-order valence-electron chi connectivity index (χ2n) is 6.31. The van der Waals surface area contributed by atoms with E-state index in [4.69, 9.17) is 0 Å². The lowest BCUT2D eigenvalue weighted by Gasteiger charge is -2.44. The molecule has 20 heavy (non-hydrogen) atoms. The number of nitrogens with zero attached hydrogens (tertiary/aromatic N) is 2. The van der Waals surface area contributed by atoms with E-state index in [1.807, 2.05) is 11.8 Å². The Hall–Kier alpha value is -1.26. The SMILES string of the molecule is CCN(CC1CCC1)C(=O)N1CCCCC1(C)C(=O)O. The van der Waals surface area contributed by atoms with E-state index in [0.29, 0.717) is 25.4 Å². The van der Waals surface area contributed by atoms with Gasteiger partial charge in [-0.2, -0.15) is 0 Å². The van der Waals surface area contributed by atoms with Gasteiger partial charge in [0.25, 0.3) is 0 Å². The molecule has 1 saturated carbocycles. The van der Waals surface area contributed by atoms with E-state index in [1.165, 1.54) is 19.3 Å². The number of likely N-dealkylation sites (tertiary alicyclic amines) is 1. The molecule has 2 fully saturated rings. The minimum absolute atomic E-state index is 0.0935. The van der Waals surface area contributed by atoms with Crippen LogP contribution in [0.2, 0.25) is 0 Å². The van der Waals surface area contributed by atoms with E-state index in [-0.39, 0.29) is 6.03 Å². The van der Waals surface area contributed by atoms with Gasteiger partial charge >= 0.3 is 12.0 Å². The number of rotatable bonds is 4. The molecule has 2 rings (SSSR count). The Morgan fingerprint density at radius 1 is 1.30 bits per heavy atom. The first kappa shape index (κ1) is 15.1. The maximum Gasteiger partial charge on any atom is 0.329 e. The van der Waals surface area contributed by atoms with Crippen LogP contribution in [0, 0.1) is 5.92 Å². The third-order valence-corrected chi connectivity index (χ3v) is 4.94. The number of hydrogen-bond donors (Lipinski definition) is 1. The molecule has 0 aromatic carbocycles. The van der Waals surface area contributed by atoms with Gasteiger partial charge in [0.15, 0.2) is 0 Å². The van der Waals surface area contributed by atoms with Crippen LogP contribution in [0.25, 0.3) is 0 Å². The van der Waals surface area contributed by atoms with E-state index in [9.17, 15) is 14.7 Å². The molecule has 2 aliphatic rings. The molecule has 5 heteroatoms. The first-order valence-corrected chi connectivity index (χ1v) is 7.79. The molecule has 114 valence electrons. The molecule has 1 saturated heterocycles. The molecule has 1 aliphatic heterocycles. The Balaban J connectivity index is 2.09. The van der Waals surface area contributed by atoms with Crippen LogP contribution in [-0.4, -0.2) is 52.1 Å². The van der Waals surface area contributed by atoms with Gasteiger partial charge in [-0.15, -0.1) is 0 Å². The molecule has 1 N–H and O–H groups in total. The Morgan fingerprint density at radius 2 is 2.00 bits per heavy atom. The third-order valence-electron chi connectivity index (χ3n) is 4.94. The van der Waals surface area contributed by atoms with Crippen molar-refractivity contribution in [3.63, 3.8) is 0 Å². The molecule has 0 bridgehead atoms. The van der Waals surface area contributed by atoms with Crippen molar-refractivity contribution in [3.05, 3.63) is 0 Å². The molecule has 1 aliphatic carbocycles. The summed E-state index contributed by atoms with van der Waals surface area (Å²) in [6, 6.07) is -0.0935. The summed E-state index contributed by atoms with van der Waals surface area (Å²) < 4.78 is 0. The second-order valence-corrected chi connectivity index (χ2v) is 6.31. The average Bonchev–Trinajstić information content (AvgIpc) is 2.37. The zero-order valence-corrected chi connectivity index (χ0v) is 12.6. The number of hydrogen-bond acceptors (Lipinski definition) is 2. The lowest BCUT2D eigenvalue weighted by Crippen LogP contribution is -2.61. The van der Waals surface area contributed by atoms with Crippen LogP contribution in [0.1, 0.15) is 52.4 Å². The molecule has 5 nitrogen and oxygen atoms in total. The fourth-order valence-corrected chi connectivity index (χ4v) is 3.15. The van der Waals surface area contributed by atoms with Crippen molar-refractivity contribution in [2.75, 3.05) is 19.6 Å². The fraction of sp³-hybridized carbons (Fsp3) is 0.867. The van der Waals surface area contributed by atoms with E-state index in [1.54, 1.807) is 11.8 Å². The zero-order chi connectivity index (χ0) is 14.8. The van der Waals surface area contributed by atoms with Crippen molar-refractivity contribution >= 4 is 12.0 Å². The van der Waals surface area contributed by atoms with E-state index < -0.39 is 11.5 Å². The summed E-state index contributed by atoms with van der Waals surface area (Å²) in [6.07, 6.45) is 5.97. The van der Waals surface area contributed by atoms with Crippen molar-refractivity contribution in [3.8, 4) is 0 Å². The summed E-state index contributed by atoms with van der Waals surface area (Å²) in [5, 5.41) is 9.50. The van der Waals surface area contributed by atoms with Crippen LogP contribution >= 0.6 is 0 Å². The van der Waals surface area contributed by atoms with Gasteiger partial charge in [-0.05, 0) is 51.9 Å². The molecule has 2 amide bonds. The molecule has 0 spiro atoms. The van der Waals surface area contributed by atoms with Crippen LogP contribution in [0.15, 0.2) is 0 Å². The Labute approximate surface area is 120 Å². The lowest BCUT2D eigenvalue weighted by atomic mass is 9.85. The molecule has 1 atom stereocenters. The van der Waals surface area contributed by atoms with Crippen LogP contribution in [0.5, 0.6) is 0 Å². The maximum atomic E-state index is 12.7. The van der Waals surface area contributed by atoms with Crippen molar-refractivity contribution < 1.29 is 14.7 Å². The quantitative estimate of drug-likeness (QED) is 0.862. The number of amides is 2. The highest BCUT2D eigenvalue weighted by atomic mass is 16.4. The van der Waals surface area contributed by atoms with Gasteiger partial charge in [0, 0.05) is 19.6 Å². The monoisotopic (exact) mass is 282 g/mol. The second kappa shape index (κ2) is 6.02. The van der Waals surface area contributed by atoms with Crippen LogP contribution < -0.4 is 0 Å². The van der Waals surface area contributed by atoms with Crippen molar-refractivity contribution in [2.24, 2.45) is 5.92 Å². The number of carboxylic acid groups (broad SMARTS) is 1. The van der Waals surface area contributed by atoms with Gasteiger partial charge in [0.2, 0.25) is 0 Å². The van der Waals surface area contributed by atoms with Gasteiger partial charge in [-0.25, -0.2) is 9.59 Å². The molecule has 0 aromatic heterocycles. The highest BCUT2D eigenvalue weighted by Gasteiger charge is 2.45. The normalized spacial score (nSPS) is 27.0. The largest absolute Gasteiger partial charge is 0.480 e. The van der Waals surface area contributed by atoms with Crippen molar-refractivity contribution in [2.45, 2.75) is 57.9 Å². The van der Waals surface area contributed by atoms with Crippen molar-refractivity contribution in [1.82, 2.24) is 9.80 Å². The highest BCUT2D eigenvalue weighted by molar-refractivity contribution is 5.86. The number of aliphatic carboxylic acids is 1. The van der Waals surface area contributed by atoms with Gasteiger partial charge in [-0.3, -0.25) is 0 Å². The molecule has 0 aromatic rings. The zero-order valence-electron chi connectivity index (χ0n) is 12.6. The molecule has 1 unspecified atom stereocenters. The Kier molecular flexibility index (Phi) is 4.55. The van der Waals surface area contributed by atoms with Crippen LogP contribution in [0.3, 0.4) is 0 Å². The number of carboxylic acids is 1. The minimum Gasteiger partial charge on any atom is -0.480 e. The number of carbonyl (C=O) groups excluding carboxylic acids is 1. The van der Waals surface area contributed by atoms with E-state index in [0.717, 1.165) is 19.4 Å². The smallest absolute Gasteiger partial charge is 0.329 e. The first-order valence-electron chi connectivity index (χ1n) is 7.79. The van der Waals surface area contributed by atoms with E-state index in [2.05, 4.69) is 0 Å². The molecular formula is C15H26N2O3. The van der Waals surface area contributed by atoms with Gasteiger partial charge in [-0.1, -0.05) is 6.42 Å². The van der Waals surface area contributed by atoms with Gasteiger partial charge in [0.05, 0.1) is 0 Å². The number of piperidine rings is 1. The predicted molar refractivity (Wildman–Crippen MR) is 76.6 cm³/mol. The van der Waals surface area contributed by atoms with E-state index >= 15 is 0 Å². The standard InChI is InChI=1S/C15H26N2O3/c1-3-16(11-12-7-6-8-12)14(20)17-10-5-4-9-15(17,2)13(18)19/h12H,3-11H2,1-2H3,(H,18,19). The summed E-state index contributed by atoms with van der Waals surface area (Å²) in [6.45, 7) is 5.65. The predicted octanol–water partition coefficient (Wildman–Crippen LogP) is 2.56. The Morgan fingerprint density at radius 3 is 2.50 bits per heavy atom. The first-order chi connectivity index (χ1) is 9.49. The highest BCUT2D eigenvalue weighted by Crippen LogP contribution is 2.31. The topological polar surface area (TPSA) is 60.9 Å². The summed E-state index contributed by atoms with van der Waals surface area (Å²) in [7, 11) is 0. The average molecular weight is 282 g/mol. The summed E-state index contributed by atoms with van der Waals surface area (Å²) >= 11 is 0. The fourth-order valence-electron chi connectivity index (χ4n) is 3.15. The lowest BCUT2D eigenvalue weighted by molar-refractivity contribution is -0.150. The Bertz CT molecular complexity index is 381. The van der Waals surface area contributed by atoms with Crippen LogP contribution in [0.4, 0.5) is 4.79 Å². The van der Waals surface area contributed by atoms with Gasteiger partial charge in [0.1, 0.15) is 5.54 Å². The summed E-state index contributed by atoms with van der Waals surface area (Å²) in [5.74, 6) is -0.273. The maximum absolute atomic E-state index is 12.7. The number of urea groups is 1. The summed E-state index contributed by atoms with van der Waals surface area (Å²) in [5.41, 5.74) is -1.04.